The number of benzene rings is 2. The highest BCUT2D eigenvalue weighted by atomic mass is 35.5. The van der Waals surface area contributed by atoms with Gasteiger partial charge in [-0.15, -0.1) is 11.8 Å². The molecule has 0 spiro atoms. The minimum Gasteiger partial charge on any atom is -0.240 e. The summed E-state index contributed by atoms with van der Waals surface area (Å²) in [6.07, 6.45) is 4.20. The van der Waals surface area contributed by atoms with Gasteiger partial charge in [0.2, 0.25) is 0 Å². The molecule has 3 aromatic rings. The van der Waals surface area contributed by atoms with Crippen LogP contribution in [0.1, 0.15) is 40.7 Å². The first kappa shape index (κ1) is 20.3. The first-order valence-corrected chi connectivity index (χ1v) is 11.4. The maximum atomic E-state index is 9.91. The molecule has 0 unspecified atom stereocenters. The van der Waals surface area contributed by atoms with Crippen molar-refractivity contribution in [3.8, 4) is 17.3 Å². The molecule has 29 heavy (non-hydrogen) atoms. The highest BCUT2D eigenvalue weighted by Gasteiger charge is 2.23. The molecule has 1 aromatic heterocycles. The third-order valence-electron chi connectivity index (χ3n) is 5.28. The van der Waals surface area contributed by atoms with Crippen LogP contribution in [-0.4, -0.2) is 4.98 Å². The topological polar surface area (TPSA) is 36.7 Å². The number of nitrogens with zero attached hydrogens (tertiary/aromatic N) is 2. The van der Waals surface area contributed by atoms with E-state index in [4.69, 9.17) is 28.2 Å². The summed E-state index contributed by atoms with van der Waals surface area (Å²) in [7, 11) is 0. The molecule has 146 valence electrons. The van der Waals surface area contributed by atoms with Crippen molar-refractivity contribution in [3.63, 3.8) is 0 Å². The Labute approximate surface area is 185 Å². The van der Waals surface area contributed by atoms with Crippen LogP contribution in [0.15, 0.2) is 47.5 Å². The Morgan fingerprint density at radius 1 is 1.00 bits per heavy atom. The zero-order valence-electron chi connectivity index (χ0n) is 16.1. The van der Waals surface area contributed by atoms with Crippen molar-refractivity contribution in [2.75, 3.05) is 0 Å². The average Bonchev–Trinajstić information content (AvgIpc) is 2.74. The molecule has 0 radical (unpaired) electrons. The van der Waals surface area contributed by atoms with E-state index in [0.717, 1.165) is 53.1 Å². The molecule has 0 bridgehead atoms. The Hall–Kier alpha value is -1.99. The van der Waals surface area contributed by atoms with Crippen molar-refractivity contribution in [2.24, 2.45) is 0 Å². The van der Waals surface area contributed by atoms with Crippen LogP contribution in [0.4, 0.5) is 0 Å². The van der Waals surface area contributed by atoms with Gasteiger partial charge in [-0.25, -0.2) is 4.98 Å². The SMILES string of the molecule is Cc1ccc(-c2nc(SCc3ccc(Cl)c(Cl)c3)c(C#N)c3c2CCCC3)cc1. The Morgan fingerprint density at radius 3 is 2.41 bits per heavy atom. The van der Waals surface area contributed by atoms with Crippen LogP contribution in [0.25, 0.3) is 11.3 Å². The lowest BCUT2D eigenvalue weighted by molar-refractivity contribution is 0.677. The molecule has 2 aromatic carbocycles. The lowest BCUT2D eigenvalue weighted by Gasteiger charge is -2.22. The van der Waals surface area contributed by atoms with Gasteiger partial charge in [-0.1, -0.05) is 59.1 Å². The van der Waals surface area contributed by atoms with E-state index in [2.05, 4.69) is 37.3 Å². The number of aromatic nitrogens is 1. The van der Waals surface area contributed by atoms with Gasteiger partial charge in [0, 0.05) is 11.3 Å². The van der Waals surface area contributed by atoms with Crippen molar-refractivity contribution in [3.05, 3.63) is 80.3 Å². The van der Waals surface area contributed by atoms with Gasteiger partial charge >= 0.3 is 0 Å². The van der Waals surface area contributed by atoms with Crippen molar-refractivity contribution < 1.29 is 0 Å². The monoisotopic (exact) mass is 438 g/mol. The van der Waals surface area contributed by atoms with E-state index < -0.39 is 0 Å². The van der Waals surface area contributed by atoms with Crippen LogP contribution in [0, 0.1) is 18.3 Å². The maximum absolute atomic E-state index is 9.91. The van der Waals surface area contributed by atoms with Gasteiger partial charge in [-0.2, -0.15) is 5.26 Å². The summed E-state index contributed by atoms with van der Waals surface area (Å²) in [4.78, 5) is 4.99. The van der Waals surface area contributed by atoms with Crippen molar-refractivity contribution in [1.29, 1.82) is 5.26 Å². The molecule has 5 heteroatoms. The van der Waals surface area contributed by atoms with E-state index >= 15 is 0 Å². The molecule has 0 atom stereocenters. The summed E-state index contributed by atoms with van der Waals surface area (Å²) < 4.78 is 0. The van der Waals surface area contributed by atoms with Gasteiger partial charge in [-0.3, -0.25) is 0 Å². The standard InChI is InChI=1S/C24H20Cl2N2S/c1-15-6-9-17(10-7-15)23-19-5-3-2-4-18(19)20(13-27)24(28-23)29-14-16-8-11-21(25)22(26)12-16/h6-12H,2-5,14H2,1H3. The number of hydrogen-bond donors (Lipinski definition) is 0. The number of aryl methyl sites for hydroxylation is 1. The molecular formula is C24H20Cl2N2S. The quantitative estimate of drug-likeness (QED) is 0.397. The number of rotatable bonds is 4. The Morgan fingerprint density at radius 2 is 1.72 bits per heavy atom. The number of halogens is 2. The molecule has 2 nitrogen and oxygen atoms in total. The van der Waals surface area contributed by atoms with Gasteiger partial charge in [0.1, 0.15) is 11.1 Å². The Bertz CT molecular complexity index is 1100. The normalized spacial score (nSPS) is 13.0. The highest BCUT2D eigenvalue weighted by Crippen LogP contribution is 2.37. The van der Waals surface area contributed by atoms with Crippen molar-refractivity contribution in [2.45, 2.75) is 43.4 Å². The molecule has 1 aliphatic carbocycles. The minimum absolute atomic E-state index is 0.545. The van der Waals surface area contributed by atoms with E-state index in [1.54, 1.807) is 11.8 Å². The molecule has 1 aliphatic rings. The second-order valence-electron chi connectivity index (χ2n) is 7.32. The van der Waals surface area contributed by atoms with Crippen molar-refractivity contribution in [1.82, 2.24) is 4.98 Å². The molecule has 0 saturated carbocycles. The van der Waals surface area contributed by atoms with Gasteiger partial charge < -0.3 is 0 Å². The lowest BCUT2D eigenvalue weighted by Crippen LogP contribution is -2.10. The fraction of sp³-hybridized carbons (Fsp3) is 0.250. The maximum Gasteiger partial charge on any atom is 0.115 e. The van der Waals surface area contributed by atoms with Gasteiger partial charge in [0.05, 0.1) is 21.3 Å². The molecule has 0 aliphatic heterocycles. The molecule has 0 N–H and O–H groups in total. The first-order valence-electron chi connectivity index (χ1n) is 9.66. The van der Waals surface area contributed by atoms with Crippen LogP contribution in [0.3, 0.4) is 0 Å². The zero-order chi connectivity index (χ0) is 20.4. The van der Waals surface area contributed by atoms with Crippen LogP contribution in [0.2, 0.25) is 10.0 Å². The largest absolute Gasteiger partial charge is 0.240 e. The van der Waals surface area contributed by atoms with Crippen LogP contribution >= 0.6 is 35.0 Å². The van der Waals surface area contributed by atoms with E-state index in [9.17, 15) is 5.26 Å². The van der Waals surface area contributed by atoms with Crippen molar-refractivity contribution >= 4 is 35.0 Å². The van der Waals surface area contributed by atoms with Gasteiger partial charge in [0.25, 0.3) is 0 Å². The molecular weight excluding hydrogens is 419 g/mol. The highest BCUT2D eigenvalue weighted by molar-refractivity contribution is 7.98. The second kappa shape index (κ2) is 8.79. The number of thioether (sulfide) groups is 1. The predicted octanol–water partition coefficient (Wildman–Crippen LogP) is 7.41. The fourth-order valence-corrected chi connectivity index (χ4v) is 5.02. The first-order chi connectivity index (χ1) is 14.1. The minimum atomic E-state index is 0.545. The fourth-order valence-electron chi connectivity index (χ4n) is 3.75. The number of fused-ring (bicyclic) bond motifs is 1. The summed E-state index contributed by atoms with van der Waals surface area (Å²) in [5, 5.41) is 11.8. The van der Waals surface area contributed by atoms with Crippen LogP contribution < -0.4 is 0 Å². The predicted molar refractivity (Wildman–Crippen MR) is 122 cm³/mol. The average molecular weight is 439 g/mol. The summed E-state index contributed by atoms with van der Waals surface area (Å²) in [5.41, 5.74) is 7.59. The molecule has 0 fully saturated rings. The van der Waals surface area contributed by atoms with Crippen LogP contribution in [0.5, 0.6) is 0 Å². The number of nitriles is 1. The third-order valence-corrected chi connectivity index (χ3v) is 7.06. The van der Waals surface area contributed by atoms with Gasteiger partial charge in [-0.05, 0) is 61.4 Å². The second-order valence-corrected chi connectivity index (χ2v) is 9.10. The lowest BCUT2D eigenvalue weighted by atomic mass is 9.86. The molecule has 0 amide bonds. The smallest absolute Gasteiger partial charge is 0.115 e. The number of pyridine rings is 1. The third kappa shape index (κ3) is 4.31. The molecule has 0 saturated heterocycles. The van der Waals surface area contributed by atoms with E-state index in [1.807, 2.05) is 18.2 Å². The Balaban J connectivity index is 1.76. The summed E-state index contributed by atoms with van der Waals surface area (Å²) in [5.74, 6) is 0.685. The summed E-state index contributed by atoms with van der Waals surface area (Å²) >= 11 is 13.8. The summed E-state index contributed by atoms with van der Waals surface area (Å²) in [6.45, 7) is 2.09. The zero-order valence-corrected chi connectivity index (χ0v) is 18.5. The van der Waals surface area contributed by atoms with E-state index in [1.165, 1.54) is 16.7 Å². The summed E-state index contributed by atoms with van der Waals surface area (Å²) in [6, 6.07) is 16.6. The van der Waals surface area contributed by atoms with Gasteiger partial charge in [0.15, 0.2) is 0 Å². The van der Waals surface area contributed by atoms with Crippen LogP contribution in [-0.2, 0) is 18.6 Å². The van der Waals surface area contributed by atoms with E-state index in [-0.39, 0.29) is 0 Å². The molecule has 4 rings (SSSR count). The number of hydrogen-bond acceptors (Lipinski definition) is 3. The Kier molecular flexibility index (Phi) is 6.15. The molecule has 1 heterocycles. The van der Waals surface area contributed by atoms with E-state index in [0.29, 0.717) is 15.8 Å².